The maximum Gasteiger partial charge on any atom is 0.201 e. The third kappa shape index (κ3) is 29.5. The Kier molecular flexibility index (Phi) is 46.0. The second-order valence-electron chi connectivity index (χ2n) is 19.3. The van der Waals surface area contributed by atoms with E-state index in [1.54, 1.807) is 0 Å². The molecule has 42 nitrogen and oxygen atoms in total. The highest BCUT2D eigenvalue weighted by molar-refractivity contribution is 6.11. The summed E-state index contributed by atoms with van der Waals surface area (Å²) in [6, 6.07) is -15.9. The van der Waals surface area contributed by atoms with E-state index in [1.807, 2.05) is 0 Å². The molecule has 6 unspecified atom stereocenters. The topological polar surface area (TPSA) is 673 Å². The summed E-state index contributed by atoms with van der Waals surface area (Å²) >= 11 is 0. The normalized spacial score (nSPS) is 15.9. The summed E-state index contributed by atoms with van der Waals surface area (Å²) in [5.41, 5.74) is 11.0. The first-order chi connectivity index (χ1) is 44.6. The van der Waals surface area contributed by atoms with Crippen molar-refractivity contribution in [2.24, 2.45) is 11.5 Å². The molecule has 0 radical (unpaired) electrons. The minimum atomic E-state index is -3.04. The van der Waals surface area contributed by atoms with E-state index in [0.717, 1.165) is 0 Å². The molecule has 0 saturated heterocycles. The van der Waals surface area contributed by atoms with Gasteiger partial charge in [0.25, 0.3) is 0 Å². The molecule has 0 fully saturated rings. The van der Waals surface area contributed by atoms with Gasteiger partial charge in [-0.3, -0.25) is 128 Å². The van der Waals surface area contributed by atoms with Crippen molar-refractivity contribution < 1.29 is 117 Å². The predicted octanol–water partition coefficient (Wildman–Crippen LogP) is -19.6. The van der Waals surface area contributed by atoms with Crippen LogP contribution in [0.2, 0.25) is 0 Å². The molecular formula is C51H86N18O24. The van der Waals surface area contributed by atoms with Crippen molar-refractivity contribution in [1.29, 1.82) is 0 Å². The lowest BCUT2D eigenvalue weighted by Gasteiger charge is -2.41. The molecule has 0 heterocycles. The van der Waals surface area contributed by atoms with E-state index in [1.165, 1.54) is 0 Å². The fraction of sp³-hybridized carbons (Fsp3) is 0.647. The van der Waals surface area contributed by atoms with Gasteiger partial charge in [-0.05, 0) is 0 Å². The fourth-order valence-electron chi connectivity index (χ4n) is 8.32. The van der Waals surface area contributed by atoms with E-state index < -0.39 is 248 Å². The summed E-state index contributed by atoms with van der Waals surface area (Å²) in [6.45, 7) is -18.4. The average Bonchev–Trinajstić information content (AvgIpc) is 0.818. The van der Waals surface area contributed by atoms with Gasteiger partial charge in [-0.1, -0.05) is 0 Å². The summed E-state index contributed by atoms with van der Waals surface area (Å²) in [5.74, 6) is -18.1. The highest BCUT2D eigenvalue weighted by atomic mass is 16.3. The monoisotopic (exact) mass is 1330 g/mol. The van der Waals surface area contributed by atoms with Crippen molar-refractivity contribution in [3.8, 4) is 0 Å². The Morgan fingerprint density at radius 3 is 1.23 bits per heavy atom. The van der Waals surface area contributed by atoms with Crippen molar-refractivity contribution >= 4 is 108 Å². The third-order valence-corrected chi connectivity index (χ3v) is 13.0. The van der Waals surface area contributed by atoms with E-state index in [0.29, 0.717) is 18.9 Å². The van der Waals surface area contributed by atoms with E-state index in [9.17, 15) is 112 Å². The Bertz CT molecular complexity index is 2470. The molecule has 0 bridgehead atoms. The zero-order valence-corrected chi connectivity index (χ0v) is 50.4. The molecule has 0 aliphatic rings. The quantitative estimate of drug-likeness (QED) is 0.0116. The zero-order chi connectivity index (χ0) is 70.4. The van der Waals surface area contributed by atoms with E-state index in [-0.39, 0.29) is 51.2 Å². The lowest BCUT2D eigenvalue weighted by Crippen LogP contribution is -2.79. The summed E-state index contributed by atoms with van der Waals surface area (Å²) < 4.78 is 0. The number of nitrogens with two attached hydrogens (primary N) is 2. The number of hydrogen-bond donors (Lipinski definition) is 24. The van der Waals surface area contributed by atoms with Crippen LogP contribution in [-0.4, -0.2) is 349 Å². The summed E-state index contributed by atoms with van der Waals surface area (Å²) in [4.78, 5) is 231. The largest absolute Gasteiger partial charge is 0.394 e. The molecule has 0 aromatic carbocycles. The standard InChI is InChI=1S/C51H86N18O24/c52-17-36(84)42(56-3-11-72)44(90)33(26-81)68-50(63-7-15-76,41(89)22-61-49(59-6-14-75)46(92)32(25-80)62-29-55-2-10-71)67-31(24-79)39(87)20-60-35(28-83)47(93)51(64-8-16-77,69-34(27-82)45(91)43(37(85)18-53)57-4-12-73)65-21-40(88)48(58-5-13-74)66-30(23-78)38(86)19-54-1-9-70/h9-16,30-35,42-43,48-49,54-69,78-83H,1-8,17-29,52-53H2/t30-,31-,32-,33-,34-,35-,42?,43?,48?,49?,50?,51?/m0/s1. The van der Waals surface area contributed by atoms with Crippen LogP contribution in [-0.2, 0) is 86.3 Å². The van der Waals surface area contributed by atoms with Crippen molar-refractivity contribution in [3.05, 3.63) is 0 Å². The van der Waals surface area contributed by atoms with Gasteiger partial charge in [0, 0.05) is 6.67 Å². The zero-order valence-electron chi connectivity index (χ0n) is 50.4. The maximum absolute atomic E-state index is 15.1. The molecule has 42 heteroatoms. The summed E-state index contributed by atoms with van der Waals surface area (Å²) in [7, 11) is 0. The maximum atomic E-state index is 15.1. The van der Waals surface area contributed by atoms with Gasteiger partial charge in [0.2, 0.25) is 5.78 Å². The SMILES string of the molecule is NCC(=O)C(NCC=O)C(=O)[C@H](CO)NC(NCC=O)(N[C@@H](CO)C(=O)CN[C@@H](CO)C(=O)C(NCC=O)(NCC(=O)C(NCC=O)N[C@@H](CO)C(=O)CNCC=O)N[C@@H](CO)C(=O)C(NCC=O)C(=O)CN)C(=O)CNC(NCC=O)C(=O)[C@H](CO)NCNCC=O. The van der Waals surface area contributed by atoms with Crippen LogP contribution >= 0.6 is 0 Å². The fourth-order valence-corrected chi connectivity index (χ4v) is 8.32. The Labute approximate surface area is 530 Å². The van der Waals surface area contributed by atoms with Crippen LogP contribution in [0.3, 0.4) is 0 Å². The Morgan fingerprint density at radius 2 is 0.763 bits per heavy atom. The first-order valence-electron chi connectivity index (χ1n) is 28.4. The second kappa shape index (κ2) is 49.7. The van der Waals surface area contributed by atoms with Crippen molar-refractivity contribution in [2.45, 2.75) is 72.2 Å². The van der Waals surface area contributed by atoms with E-state index >= 15 is 4.79 Å². The van der Waals surface area contributed by atoms with Crippen molar-refractivity contribution in [2.75, 3.05) is 138 Å². The van der Waals surface area contributed by atoms with Gasteiger partial charge >= 0.3 is 0 Å². The number of aliphatic hydroxyl groups excluding tert-OH is 6. The van der Waals surface area contributed by atoms with Crippen LogP contribution in [0.25, 0.3) is 0 Å². The number of nitrogens with one attached hydrogen (secondary N) is 16. The molecule has 0 rings (SSSR count). The number of ketones is 10. The van der Waals surface area contributed by atoms with Crippen LogP contribution in [0, 0.1) is 0 Å². The Morgan fingerprint density at radius 1 is 0.344 bits per heavy atom. The molecule has 524 valence electrons. The van der Waals surface area contributed by atoms with Gasteiger partial charge in [-0.2, -0.15) is 0 Å². The lowest BCUT2D eigenvalue weighted by atomic mass is 9.98. The molecule has 93 heavy (non-hydrogen) atoms. The van der Waals surface area contributed by atoms with Crippen LogP contribution in [0.1, 0.15) is 0 Å². The molecule has 0 aliphatic carbocycles. The molecule has 12 atom stereocenters. The molecule has 0 aliphatic heterocycles. The molecule has 0 aromatic heterocycles. The molecular weight excluding hydrogens is 1250 g/mol. The second-order valence-corrected chi connectivity index (χ2v) is 19.3. The molecule has 0 saturated carbocycles. The van der Waals surface area contributed by atoms with Gasteiger partial charge < -0.3 is 85.8 Å². The number of aldehydes is 8. The van der Waals surface area contributed by atoms with Gasteiger partial charge in [0.15, 0.2) is 63.6 Å². The highest BCUT2D eigenvalue weighted by Crippen LogP contribution is 2.11. The molecule has 0 aromatic rings. The van der Waals surface area contributed by atoms with E-state index in [2.05, 4.69) is 85.1 Å². The van der Waals surface area contributed by atoms with Crippen LogP contribution < -0.4 is 96.5 Å². The van der Waals surface area contributed by atoms with Crippen LogP contribution in [0.4, 0.5) is 0 Å². The summed E-state index contributed by atoms with van der Waals surface area (Å²) in [5, 5.41) is 102. The van der Waals surface area contributed by atoms with Gasteiger partial charge in [-0.25, -0.2) is 0 Å². The minimum absolute atomic E-state index is 0.118. The molecule has 0 amide bonds. The Hall–Kier alpha value is -6.90. The first kappa shape index (κ1) is 86.1. The lowest BCUT2D eigenvalue weighted by molar-refractivity contribution is -0.137. The number of aliphatic hydroxyl groups is 6. The minimum Gasteiger partial charge on any atom is -0.394 e. The van der Waals surface area contributed by atoms with E-state index in [4.69, 9.17) is 11.5 Å². The van der Waals surface area contributed by atoms with Gasteiger partial charge in [0.05, 0.1) is 168 Å². The first-order valence-corrected chi connectivity index (χ1v) is 28.4. The number of carbonyl (C=O) groups excluding carboxylic acids is 18. The predicted molar refractivity (Wildman–Crippen MR) is 316 cm³/mol. The molecule has 26 N–H and O–H groups in total. The average molecular weight is 1340 g/mol. The molecule has 0 spiro atoms. The number of carbonyl (C=O) groups is 18. The number of rotatable bonds is 66. The van der Waals surface area contributed by atoms with Crippen LogP contribution in [0.15, 0.2) is 0 Å². The Balaban J connectivity index is 8.19. The van der Waals surface area contributed by atoms with Crippen LogP contribution in [0.5, 0.6) is 0 Å². The third-order valence-electron chi connectivity index (χ3n) is 13.0. The van der Waals surface area contributed by atoms with Gasteiger partial charge in [-0.15, -0.1) is 0 Å². The number of Topliss-reactive ketones (excluding diaryl/α,β-unsaturated/α-hetero) is 10. The number of hydrogen-bond acceptors (Lipinski definition) is 42. The van der Waals surface area contributed by atoms with Gasteiger partial charge in [0.1, 0.15) is 74.7 Å². The smallest absolute Gasteiger partial charge is 0.201 e. The highest BCUT2D eigenvalue weighted by Gasteiger charge is 2.48. The summed E-state index contributed by atoms with van der Waals surface area (Å²) in [6.07, 6.45) is -1.40. The van der Waals surface area contributed by atoms with Crippen molar-refractivity contribution in [3.63, 3.8) is 0 Å². The van der Waals surface area contributed by atoms with Crippen molar-refractivity contribution in [1.82, 2.24) is 85.1 Å².